The lowest BCUT2D eigenvalue weighted by Crippen LogP contribution is -2.26. The molecule has 1 unspecified atom stereocenters. The van der Waals surface area contributed by atoms with Gasteiger partial charge in [-0.2, -0.15) is 5.10 Å². The van der Waals surface area contributed by atoms with Crippen molar-refractivity contribution in [2.45, 2.75) is 26.0 Å². The van der Waals surface area contributed by atoms with Crippen LogP contribution < -0.4 is 0 Å². The minimum Gasteiger partial charge on any atom is -0.385 e. The Morgan fingerprint density at radius 1 is 1.65 bits per heavy atom. The van der Waals surface area contributed by atoms with E-state index < -0.39 is 6.10 Å². The van der Waals surface area contributed by atoms with Crippen LogP contribution in [0.25, 0.3) is 0 Å². The van der Waals surface area contributed by atoms with Gasteiger partial charge in [0.05, 0.1) is 17.2 Å². The molecule has 0 fully saturated rings. The van der Waals surface area contributed by atoms with Gasteiger partial charge >= 0.3 is 0 Å². The molecule has 1 aromatic heterocycles. The third kappa shape index (κ3) is 3.62. The van der Waals surface area contributed by atoms with Crippen molar-refractivity contribution in [3.05, 3.63) is 16.4 Å². The second kappa shape index (κ2) is 6.28. The molecule has 17 heavy (non-hydrogen) atoms. The fourth-order valence-electron chi connectivity index (χ4n) is 1.41. The van der Waals surface area contributed by atoms with Gasteiger partial charge in [-0.05, 0) is 36.4 Å². The molecule has 0 bridgehead atoms. The Labute approximate surface area is 110 Å². The molecule has 0 saturated carbocycles. The van der Waals surface area contributed by atoms with Crippen molar-refractivity contribution in [2.24, 2.45) is 0 Å². The Morgan fingerprint density at radius 3 is 2.82 bits per heavy atom. The first-order valence-electron chi connectivity index (χ1n) is 5.55. The van der Waals surface area contributed by atoms with Gasteiger partial charge in [-0.1, -0.05) is 6.92 Å². The first-order valence-corrected chi connectivity index (χ1v) is 6.35. The number of ketones is 1. The molecule has 0 aliphatic heterocycles. The zero-order chi connectivity index (χ0) is 13.0. The van der Waals surface area contributed by atoms with Gasteiger partial charge in [0.1, 0.15) is 11.8 Å². The molecule has 1 N–H and O–H groups in total. The highest BCUT2D eigenvalue weighted by Crippen LogP contribution is 2.18. The first kappa shape index (κ1) is 14.3. The standard InChI is InChI=1S/C11H18BrN3O2/c1-4-9(16)11(17)10-8(12)7-13-15(10)6-5-14(2)3/h7,9,16H,4-6H2,1-3H3. The van der Waals surface area contributed by atoms with E-state index in [0.717, 1.165) is 6.54 Å². The van der Waals surface area contributed by atoms with Gasteiger partial charge in [0.25, 0.3) is 0 Å². The minimum absolute atomic E-state index is 0.282. The van der Waals surface area contributed by atoms with E-state index in [1.54, 1.807) is 17.8 Å². The summed E-state index contributed by atoms with van der Waals surface area (Å²) in [4.78, 5) is 14.0. The second-order valence-corrected chi connectivity index (χ2v) is 5.01. The monoisotopic (exact) mass is 303 g/mol. The lowest BCUT2D eigenvalue weighted by molar-refractivity contribution is 0.0727. The van der Waals surface area contributed by atoms with Crippen molar-refractivity contribution in [1.82, 2.24) is 14.7 Å². The number of aliphatic hydroxyl groups is 1. The van der Waals surface area contributed by atoms with Crippen LogP contribution in [0.4, 0.5) is 0 Å². The van der Waals surface area contributed by atoms with E-state index in [9.17, 15) is 9.90 Å². The number of hydrogen-bond acceptors (Lipinski definition) is 4. The molecular formula is C11H18BrN3O2. The molecule has 1 atom stereocenters. The van der Waals surface area contributed by atoms with Crippen LogP contribution in [-0.2, 0) is 6.54 Å². The van der Waals surface area contributed by atoms with Gasteiger partial charge < -0.3 is 10.0 Å². The van der Waals surface area contributed by atoms with E-state index in [2.05, 4.69) is 21.0 Å². The topological polar surface area (TPSA) is 58.4 Å². The number of hydrogen-bond donors (Lipinski definition) is 1. The summed E-state index contributed by atoms with van der Waals surface area (Å²) >= 11 is 3.29. The lowest BCUT2D eigenvalue weighted by Gasteiger charge is -2.13. The Morgan fingerprint density at radius 2 is 2.29 bits per heavy atom. The normalized spacial score (nSPS) is 13.1. The van der Waals surface area contributed by atoms with Crippen molar-refractivity contribution in [3.63, 3.8) is 0 Å². The number of aliphatic hydroxyl groups excluding tert-OH is 1. The molecule has 5 nitrogen and oxygen atoms in total. The summed E-state index contributed by atoms with van der Waals surface area (Å²) in [6.07, 6.45) is 1.04. The molecule has 0 spiro atoms. The van der Waals surface area contributed by atoms with E-state index >= 15 is 0 Å². The number of nitrogens with zero attached hydrogens (tertiary/aromatic N) is 3. The predicted octanol–water partition coefficient (Wildman–Crippen LogP) is 1.16. The number of halogens is 1. The van der Waals surface area contributed by atoms with E-state index in [1.807, 2.05) is 19.0 Å². The molecule has 0 amide bonds. The van der Waals surface area contributed by atoms with Crippen molar-refractivity contribution in [2.75, 3.05) is 20.6 Å². The van der Waals surface area contributed by atoms with Crippen molar-refractivity contribution >= 4 is 21.7 Å². The third-order valence-corrected chi connectivity index (χ3v) is 3.06. The average molecular weight is 304 g/mol. The van der Waals surface area contributed by atoms with E-state index in [1.165, 1.54) is 0 Å². The van der Waals surface area contributed by atoms with Crippen molar-refractivity contribution < 1.29 is 9.90 Å². The molecule has 0 aliphatic rings. The predicted molar refractivity (Wildman–Crippen MR) is 69.1 cm³/mol. The Hall–Kier alpha value is -0.720. The first-order chi connectivity index (χ1) is 7.97. The smallest absolute Gasteiger partial charge is 0.210 e. The minimum atomic E-state index is -0.957. The van der Waals surface area contributed by atoms with Crippen molar-refractivity contribution in [1.29, 1.82) is 0 Å². The number of likely N-dealkylation sites (N-methyl/N-ethyl adjacent to an activating group) is 1. The molecule has 0 radical (unpaired) electrons. The molecule has 0 saturated heterocycles. The van der Waals surface area contributed by atoms with Gasteiger partial charge in [-0.15, -0.1) is 0 Å². The molecule has 1 heterocycles. The zero-order valence-corrected chi connectivity index (χ0v) is 11.9. The Bertz CT molecular complexity index is 390. The SMILES string of the molecule is CCC(O)C(=O)c1c(Br)cnn1CCN(C)C. The van der Waals surface area contributed by atoms with Gasteiger partial charge in [0.2, 0.25) is 5.78 Å². The van der Waals surface area contributed by atoms with Crippen LogP contribution in [0.2, 0.25) is 0 Å². The lowest BCUT2D eigenvalue weighted by atomic mass is 10.1. The summed E-state index contributed by atoms with van der Waals surface area (Å²) in [5.41, 5.74) is 0.446. The average Bonchev–Trinajstić information content (AvgIpc) is 2.65. The van der Waals surface area contributed by atoms with E-state index in [0.29, 0.717) is 23.1 Å². The number of carbonyl (C=O) groups is 1. The summed E-state index contributed by atoms with van der Waals surface area (Å²) < 4.78 is 2.26. The van der Waals surface area contributed by atoms with Crippen LogP contribution in [-0.4, -0.2) is 52.3 Å². The second-order valence-electron chi connectivity index (χ2n) is 4.16. The van der Waals surface area contributed by atoms with Crippen LogP contribution in [0.5, 0.6) is 0 Å². The number of rotatable bonds is 6. The fraction of sp³-hybridized carbons (Fsp3) is 0.636. The quantitative estimate of drug-likeness (QED) is 0.801. The van der Waals surface area contributed by atoms with Crippen LogP contribution in [0, 0.1) is 0 Å². The Balaban J connectivity index is 2.90. The number of carbonyl (C=O) groups excluding carboxylic acids is 1. The number of aromatic nitrogens is 2. The maximum atomic E-state index is 12.0. The van der Waals surface area contributed by atoms with Crippen LogP contribution >= 0.6 is 15.9 Å². The summed E-state index contributed by atoms with van der Waals surface area (Å²) in [6.45, 7) is 3.18. The van der Waals surface area contributed by atoms with Crippen LogP contribution in [0.1, 0.15) is 23.8 Å². The molecular weight excluding hydrogens is 286 g/mol. The highest BCUT2D eigenvalue weighted by Gasteiger charge is 2.22. The molecule has 1 rings (SSSR count). The summed E-state index contributed by atoms with van der Waals surface area (Å²) in [5, 5.41) is 13.7. The van der Waals surface area contributed by atoms with E-state index in [-0.39, 0.29) is 5.78 Å². The fourth-order valence-corrected chi connectivity index (χ4v) is 1.91. The van der Waals surface area contributed by atoms with E-state index in [4.69, 9.17) is 0 Å². The summed E-state index contributed by atoms with van der Waals surface area (Å²) in [5.74, 6) is -0.282. The van der Waals surface area contributed by atoms with Gasteiger partial charge in [-0.25, -0.2) is 0 Å². The third-order valence-electron chi connectivity index (χ3n) is 2.48. The van der Waals surface area contributed by atoms with Gasteiger partial charge in [0, 0.05) is 6.54 Å². The molecule has 96 valence electrons. The Kier molecular flexibility index (Phi) is 5.30. The summed E-state index contributed by atoms with van der Waals surface area (Å²) in [6, 6.07) is 0. The van der Waals surface area contributed by atoms with Gasteiger partial charge in [0.15, 0.2) is 0 Å². The maximum absolute atomic E-state index is 12.0. The maximum Gasteiger partial charge on any atom is 0.210 e. The molecule has 0 aliphatic carbocycles. The molecule has 6 heteroatoms. The largest absolute Gasteiger partial charge is 0.385 e. The highest BCUT2D eigenvalue weighted by molar-refractivity contribution is 9.10. The van der Waals surface area contributed by atoms with Gasteiger partial charge in [-0.3, -0.25) is 9.48 Å². The zero-order valence-electron chi connectivity index (χ0n) is 10.4. The molecule has 1 aromatic rings. The number of Topliss-reactive ketones (excluding diaryl/α,β-unsaturated/α-hetero) is 1. The van der Waals surface area contributed by atoms with Crippen LogP contribution in [0.15, 0.2) is 10.7 Å². The van der Waals surface area contributed by atoms with Crippen molar-refractivity contribution in [3.8, 4) is 0 Å². The van der Waals surface area contributed by atoms with Crippen LogP contribution in [0.3, 0.4) is 0 Å². The molecule has 0 aromatic carbocycles. The summed E-state index contributed by atoms with van der Waals surface area (Å²) in [7, 11) is 3.92. The highest BCUT2D eigenvalue weighted by atomic mass is 79.9.